The van der Waals surface area contributed by atoms with Crippen LogP contribution in [0.3, 0.4) is 0 Å². The van der Waals surface area contributed by atoms with Crippen molar-refractivity contribution in [1.29, 1.82) is 0 Å². The van der Waals surface area contributed by atoms with E-state index in [1.54, 1.807) is 0 Å². The van der Waals surface area contributed by atoms with Gasteiger partial charge in [-0.3, -0.25) is 9.69 Å². The standard InChI is InChI=1S/C22H29N3O2.2ClH/c1-18(21(23)19-8-4-2-5-9-19)22(26)25-14-12-24(13-15-25)16-17-27-20-10-6-3-7-11-20;;/h2-11,18,21H,12-17,23H2,1H3;2*1H. The first kappa shape index (κ1) is 25.2. The first-order chi connectivity index (χ1) is 13.1. The summed E-state index contributed by atoms with van der Waals surface area (Å²) in [4.78, 5) is 17.1. The van der Waals surface area contributed by atoms with Gasteiger partial charge in [0.1, 0.15) is 12.4 Å². The van der Waals surface area contributed by atoms with Gasteiger partial charge in [-0.25, -0.2) is 0 Å². The molecule has 1 fully saturated rings. The molecule has 7 heteroatoms. The van der Waals surface area contributed by atoms with Crippen molar-refractivity contribution in [2.45, 2.75) is 13.0 Å². The number of nitrogens with zero attached hydrogens (tertiary/aromatic N) is 2. The van der Waals surface area contributed by atoms with E-state index in [4.69, 9.17) is 10.5 Å². The molecule has 29 heavy (non-hydrogen) atoms. The molecule has 1 amide bonds. The van der Waals surface area contributed by atoms with E-state index < -0.39 is 0 Å². The number of carbonyl (C=O) groups is 1. The number of halogens is 2. The van der Waals surface area contributed by atoms with Gasteiger partial charge in [0, 0.05) is 38.8 Å². The van der Waals surface area contributed by atoms with Crippen molar-refractivity contribution in [3.8, 4) is 5.75 Å². The average molecular weight is 440 g/mol. The lowest BCUT2D eigenvalue weighted by molar-refractivity contribution is -0.137. The number of hydrogen-bond donors (Lipinski definition) is 1. The van der Waals surface area contributed by atoms with Gasteiger partial charge in [-0.15, -0.1) is 24.8 Å². The second kappa shape index (κ2) is 12.7. The van der Waals surface area contributed by atoms with Crippen LogP contribution in [0.25, 0.3) is 0 Å². The number of para-hydroxylation sites is 1. The van der Waals surface area contributed by atoms with Crippen LogP contribution in [-0.2, 0) is 4.79 Å². The van der Waals surface area contributed by atoms with Crippen LogP contribution in [0.1, 0.15) is 18.5 Å². The Hall–Kier alpha value is -1.79. The highest BCUT2D eigenvalue weighted by molar-refractivity contribution is 5.85. The molecule has 1 saturated heterocycles. The van der Waals surface area contributed by atoms with Crippen LogP contribution >= 0.6 is 24.8 Å². The van der Waals surface area contributed by atoms with Crippen LogP contribution in [0.15, 0.2) is 60.7 Å². The molecule has 0 radical (unpaired) electrons. The summed E-state index contributed by atoms with van der Waals surface area (Å²) in [5.74, 6) is 0.821. The number of carbonyl (C=O) groups excluding carboxylic acids is 1. The molecule has 160 valence electrons. The predicted molar refractivity (Wildman–Crippen MR) is 122 cm³/mol. The largest absolute Gasteiger partial charge is 0.492 e. The number of hydrogen-bond acceptors (Lipinski definition) is 4. The van der Waals surface area contributed by atoms with Crippen LogP contribution < -0.4 is 10.5 Å². The zero-order valence-corrected chi connectivity index (χ0v) is 18.4. The summed E-state index contributed by atoms with van der Waals surface area (Å²) in [6.45, 7) is 6.70. The molecule has 1 aliphatic rings. The summed E-state index contributed by atoms with van der Waals surface area (Å²) < 4.78 is 5.76. The maximum absolute atomic E-state index is 12.8. The Balaban J connectivity index is 0.00000210. The van der Waals surface area contributed by atoms with Crippen molar-refractivity contribution < 1.29 is 9.53 Å². The van der Waals surface area contributed by atoms with E-state index >= 15 is 0 Å². The summed E-state index contributed by atoms with van der Waals surface area (Å²) in [5.41, 5.74) is 7.33. The maximum Gasteiger partial charge on any atom is 0.227 e. The van der Waals surface area contributed by atoms with Gasteiger partial charge in [0.05, 0.1) is 5.92 Å². The van der Waals surface area contributed by atoms with E-state index in [0.717, 1.165) is 44.0 Å². The minimum absolute atomic E-state index is 0. The van der Waals surface area contributed by atoms with Gasteiger partial charge in [0.25, 0.3) is 0 Å². The van der Waals surface area contributed by atoms with Gasteiger partial charge < -0.3 is 15.4 Å². The zero-order chi connectivity index (χ0) is 19.1. The minimum Gasteiger partial charge on any atom is -0.492 e. The Labute approximate surface area is 186 Å². The number of amides is 1. The molecular weight excluding hydrogens is 409 g/mol. The van der Waals surface area contributed by atoms with E-state index in [0.29, 0.717) is 6.61 Å². The number of ether oxygens (including phenoxy) is 1. The van der Waals surface area contributed by atoms with Crippen LogP contribution in [0, 0.1) is 5.92 Å². The predicted octanol–water partition coefficient (Wildman–Crippen LogP) is 3.39. The highest BCUT2D eigenvalue weighted by atomic mass is 35.5. The van der Waals surface area contributed by atoms with E-state index in [9.17, 15) is 4.79 Å². The van der Waals surface area contributed by atoms with Crippen molar-refractivity contribution in [3.63, 3.8) is 0 Å². The Kier molecular flexibility index (Phi) is 11.1. The Morgan fingerprint density at radius 3 is 2.10 bits per heavy atom. The monoisotopic (exact) mass is 439 g/mol. The van der Waals surface area contributed by atoms with Gasteiger partial charge in [0.2, 0.25) is 5.91 Å². The van der Waals surface area contributed by atoms with Crippen molar-refractivity contribution in [3.05, 3.63) is 66.2 Å². The molecule has 2 aromatic carbocycles. The Bertz CT molecular complexity index is 711. The topological polar surface area (TPSA) is 58.8 Å². The zero-order valence-electron chi connectivity index (χ0n) is 16.8. The van der Waals surface area contributed by atoms with Crippen LogP contribution in [0.5, 0.6) is 5.75 Å². The molecule has 2 aromatic rings. The van der Waals surface area contributed by atoms with Gasteiger partial charge in [0.15, 0.2) is 0 Å². The normalized spacial score (nSPS) is 16.1. The lowest BCUT2D eigenvalue weighted by Crippen LogP contribution is -2.51. The van der Waals surface area contributed by atoms with E-state index in [1.165, 1.54) is 0 Å². The van der Waals surface area contributed by atoms with Crippen molar-refractivity contribution >= 4 is 30.7 Å². The van der Waals surface area contributed by atoms with Gasteiger partial charge in [-0.05, 0) is 17.7 Å². The molecule has 0 saturated carbocycles. The van der Waals surface area contributed by atoms with E-state index in [1.807, 2.05) is 72.5 Å². The molecular formula is C22H31Cl2N3O2. The van der Waals surface area contributed by atoms with E-state index in [2.05, 4.69) is 4.90 Å². The van der Waals surface area contributed by atoms with Crippen LogP contribution in [0.2, 0.25) is 0 Å². The maximum atomic E-state index is 12.8. The third-order valence-electron chi connectivity index (χ3n) is 5.22. The number of nitrogens with two attached hydrogens (primary N) is 1. The fourth-order valence-electron chi connectivity index (χ4n) is 3.41. The fourth-order valence-corrected chi connectivity index (χ4v) is 3.41. The molecule has 0 bridgehead atoms. The van der Waals surface area contributed by atoms with Gasteiger partial charge >= 0.3 is 0 Å². The highest BCUT2D eigenvalue weighted by Crippen LogP contribution is 2.21. The molecule has 5 nitrogen and oxygen atoms in total. The summed E-state index contributed by atoms with van der Waals surface area (Å²) in [7, 11) is 0. The third-order valence-corrected chi connectivity index (χ3v) is 5.22. The minimum atomic E-state index is -0.268. The molecule has 2 atom stereocenters. The molecule has 0 aliphatic carbocycles. The van der Waals surface area contributed by atoms with Gasteiger partial charge in [-0.2, -0.15) is 0 Å². The summed E-state index contributed by atoms with van der Waals surface area (Å²) in [6, 6.07) is 19.4. The smallest absolute Gasteiger partial charge is 0.227 e. The Morgan fingerprint density at radius 2 is 1.52 bits per heavy atom. The second-order valence-electron chi connectivity index (χ2n) is 7.05. The lowest BCUT2D eigenvalue weighted by Gasteiger charge is -2.36. The molecule has 2 N–H and O–H groups in total. The number of rotatable bonds is 7. The molecule has 3 rings (SSSR count). The van der Waals surface area contributed by atoms with Crippen LogP contribution in [0.4, 0.5) is 0 Å². The highest BCUT2D eigenvalue weighted by Gasteiger charge is 2.28. The van der Waals surface area contributed by atoms with Gasteiger partial charge in [-0.1, -0.05) is 55.5 Å². The second-order valence-corrected chi connectivity index (χ2v) is 7.05. The number of benzene rings is 2. The first-order valence-electron chi connectivity index (χ1n) is 9.64. The number of piperazine rings is 1. The molecule has 0 aromatic heterocycles. The third kappa shape index (κ3) is 7.19. The average Bonchev–Trinajstić information content (AvgIpc) is 2.74. The van der Waals surface area contributed by atoms with Crippen molar-refractivity contribution in [1.82, 2.24) is 9.80 Å². The lowest BCUT2D eigenvalue weighted by atomic mass is 9.94. The van der Waals surface area contributed by atoms with E-state index in [-0.39, 0.29) is 42.7 Å². The van der Waals surface area contributed by atoms with Crippen LogP contribution in [-0.4, -0.2) is 55.0 Å². The molecule has 1 aliphatic heterocycles. The molecule has 1 heterocycles. The molecule has 2 unspecified atom stereocenters. The van der Waals surface area contributed by atoms with Crippen molar-refractivity contribution in [2.75, 3.05) is 39.3 Å². The first-order valence-corrected chi connectivity index (χ1v) is 9.64. The fraction of sp³-hybridized carbons (Fsp3) is 0.409. The summed E-state index contributed by atoms with van der Waals surface area (Å²) >= 11 is 0. The van der Waals surface area contributed by atoms with Crippen molar-refractivity contribution in [2.24, 2.45) is 11.7 Å². The summed E-state index contributed by atoms with van der Waals surface area (Å²) in [6.07, 6.45) is 0. The Morgan fingerprint density at radius 1 is 0.966 bits per heavy atom. The quantitative estimate of drug-likeness (QED) is 0.717. The summed E-state index contributed by atoms with van der Waals surface area (Å²) in [5, 5.41) is 0. The SMILES string of the molecule is CC(C(=O)N1CCN(CCOc2ccccc2)CC1)C(N)c1ccccc1.Cl.Cl. The molecule has 0 spiro atoms.